The molecule has 7 unspecified atom stereocenters. The third kappa shape index (κ3) is 4.46. The molecule has 0 amide bonds. The SMILES string of the molecule is CC(C(O)C(O)C(O)C(O)C(O)CN)[C@H]1CC[C@]2(C)[C@H]3CC[C@@H]4[C@@]5(C)CCC(C)C(C)(C)[C@@H]5CC[C@@]4(C)[C@]3(C)CC[C@@H]12. The Morgan fingerprint density at radius 3 is 1.74 bits per heavy atom. The molecule has 0 radical (unpaired) electrons. The molecule has 16 atom stereocenters. The van der Waals surface area contributed by atoms with E-state index in [2.05, 4.69) is 48.5 Å². The summed E-state index contributed by atoms with van der Waals surface area (Å²) in [6, 6.07) is 0. The topological polar surface area (TPSA) is 127 Å². The summed E-state index contributed by atoms with van der Waals surface area (Å²) in [6.45, 7) is 20.0. The van der Waals surface area contributed by atoms with E-state index in [1.165, 1.54) is 44.9 Å². The quantitative estimate of drug-likeness (QED) is 0.244. The predicted molar refractivity (Wildman–Crippen MR) is 167 cm³/mol. The van der Waals surface area contributed by atoms with E-state index in [4.69, 9.17) is 5.73 Å². The van der Waals surface area contributed by atoms with Crippen LogP contribution < -0.4 is 5.73 Å². The first-order valence-corrected chi connectivity index (χ1v) is 17.5. The summed E-state index contributed by atoms with van der Waals surface area (Å²) in [4.78, 5) is 0. The minimum Gasteiger partial charge on any atom is -0.390 e. The maximum Gasteiger partial charge on any atom is 0.111 e. The average molecular weight is 592 g/mol. The molecular formula is C36H65NO5. The van der Waals surface area contributed by atoms with Gasteiger partial charge in [0.2, 0.25) is 0 Å². The van der Waals surface area contributed by atoms with Gasteiger partial charge in [0.15, 0.2) is 0 Å². The average Bonchev–Trinajstić information content (AvgIpc) is 3.30. The van der Waals surface area contributed by atoms with Crippen LogP contribution in [0.3, 0.4) is 0 Å². The monoisotopic (exact) mass is 591 g/mol. The Labute approximate surface area is 256 Å². The molecule has 6 nitrogen and oxygen atoms in total. The predicted octanol–water partition coefficient (Wildman–Crippen LogP) is 5.12. The van der Waals surface area contributed by atoms with Gasteiger partial charge in [0.05, 0.1) is 12.2 Å². The highest BCUT2D eigenvalue weighted by atomic mass is 16.4. The van der Waals surface area contributed by atoms with E-state index in [0.717, 1.165) is 37.0 Å². The van der Waals surface area contributed by atoms with Crippen LogP contribution in [0.2, 0.25) is 0 Å². The molecule has 5 saturated carbocycles. The molecule has 5 aliphatic rings. The number of hydrogen-bond donors (Lipinski definition) is 6. The number of aliphatic hydroxyl groups is 5. The lowest BCUT2D eigenvalue weighted by Gasteiger charge is -2.73. The molecule has 0 aromatic heterocycles. The molecule has 0 aromatic rings. The largest absolute Gasteiger partial charge is 0.390 e. The molecule has 42 heavy (non-hydrogen) atoms. The van der Waals surface area contributed by atoms with Crippen molar-refractivity contribution in [2.45, 2.75) is 150 Å². The molecule has 0 aliphatic heterocycles. The number of fused-ring (bicyclic) bond motifs is 7. The fraction of sp³-hybridized carbons (Fsp3) is 1.00. The van der Waals surface area contributed by atoms with Crippen molar-refractivity contribution >= 4 is 0 Å². The maximum absolute atomic E-state index is 11.2. The first kappa shape index (κ1) is 33.1. The molecule has 6 heteroatoms. The minimum atomic E-state index is -1.65. The molecule has 5 aliphatic carbocycles. The Bertz CT molecular complexity index is 990. The van der Waals surface area contributed by atoms with Crippen LogP contribution in [0.1, 0.15) is 120 Å². The Morgan fingerprint density at radius 2 is 1.14 bits per heavy atom. The Balaban J connectivity index is 1.37. The van der Waals surface area contributed by atoms with Crippen molar-refractivity contribution in [2.24, 2.45) is 74.2 Å². The zero-order chi connectivity index (χ0) is 31.2. The van der Waals surface area contributed by atoms with Gasteiger partial charge in [-0.15, -0.1) is 0 Å². The fourth-order valence-electron chi connectivity index (χ4n) is 13.4. The standard InChI is InChI=1S/C36H65NO5/c1-20-11-15-34(6)25(32(20,3)4)14-18-36(8)27(34)10-9-26-33(5)16-12-22(23(33)13-17-35(26,36)7)21(2)28(39)30(41)31(42)29(40)24(38)19-37/h20-31,38-42H,9-19,37H2,1-8H3/t20?,21?,22-,23+,24?,25+,26-,27-,28?,29?,30?,31?,33+,34+,35-,36-/m1/s1. The third-order valence-electron chi connectivity index (χ3n) is 16.5. The van der Waals surface area contributed by atoms with Crippen LogP contribution in [0.15, 0.2) is 0 Å². The van der Waals surface area contributed by atoms with Gasteiger partial charge < -0.3 is 31.3 Å². The second kappa shape index (κ2) is 10.9. The van der Waals surface area contributed by atoms with Gasteiger partial charge >= 0.3 is 0 Å². The van der Waals surface area contributed by atoms with Crippen molar-refractivity contribution < 1.29 is 25.5 Å². The molecule has 244 valence electrons. The minimum absolute atomic E-state index is 0.205. The molecule has 0 heterocycles. The molecule has 5 fully saturated rings. The lowest BCUT2D eigenvalue weighted by atomic mass is 9.31. The summed E-state index contributed by atoms with van der Waals surface area (Å²) < 4.78 is 0. The number of nitrogens with two attached hydrogens (primary N) is 1. The van der Waals surface area contributed by atoms with E-state index in [-0.39, 0.29) is 23.8 Å². The zero-order valence-electron chi connectivity index (χ0n) is 28.0. The number of hydrogen-bond acceptors (Lipinski definition) is 6. The fourth-order valence-corrected chi connectivity index (χ4v) is 13.4. The second-order valence-electron chi connectivity index (χ2n) is 17.9. The van der Waals surface area contributed by atoms with Gasteiger partial charge in [-0.2, -0.15) is 0 Å². The van der Waals surface area contributed by atoms with Gasteiger partial charge in [-0.1, -0.05) is 55.4 Å². The highest BCUT2D eigenvalue weighted by molar-refractivity contribution is 5.19. The molecule has 0 bridgehead atoms. The summed E-state index contributed by atoms with van der Waals surface area (Å²) in [5, 5.41) is 52.7. The van der Waals surface area contributed by atoms with E-state index < -0.39 is 30.5 Å². The van der Waals surface area contributed by atoms with E-state index in [9.17, 15) is 25.5 Å². The van der Waals surface area contributed by atoms with Gasteiger partial charge in [0, 0.05) is 6.54 Å². The lowest BCUT2D eigenvalue weighted by molar-refractivity contribution is -0.247. The normalized spacial score (nSPS) is 50.7. The summed E-state index contributed by atoms with van der Waals surface area (Å²) in [7, 11) is 0. The van der Waals surface area contributed by atoms with Crippen molar-refractivity contribution in [1.29, 1.82) is 0 Å². The van der Waals surface area contributed by atoms with Gasteiger partial charge in [-0.25, -0.2) is 0 Å². The summed E-state index contributed by atoms with van der Waals surface area (Å²) in [6.07, 6.45) is 5.34. The first-order valence-electron chi connectivity index (χ1n) is 17.5. The maximum atomic E-state index is 11.2. The van der Waals surface area contributed by atoms with Gasteiger partial charge in [-0.05, 0) is 133 Å². The van der Waals surface area contributed by atoms with E-state index in [0.29, 0.717) is 33.5 Å². The van der Waals surface area contributed by atoms with E-state index in [1.54, 1.807) is 0 Å². The van der Waals surface area contributed by atoms with Crippen molar-refractivity contribution in [2.75, 3.05) is 6.54 Å². The van der Waals surface area contributed by atoms with Gasteiger partial charge in [0.1, 0.15) is 18.3 Å². The van der Waals surface area contributed by atoms with Crippen molar-refractivity contribution in [3.8, 4) is 0 Å². The van der Waals surface area contributed by atoms with Gasteiger partial charge in [0.25, 0.3) is 0 Å². The molecular weight excluding hydrogens is 526 g/mol. The Kier molecular flexibility index (Phi) is 8.63. The Hall–Kier alpha value is -0.240. The van der Waals surface area contributed by atoms with Crippen molar-refractivity contribution in [3.63, 3.8) is 0 Å². The summed E-state index contributed by atoms with van der Waals surface area (Å²) in [5.74, 6) is 3.55. The molecule has 0 saturated heterocycles. The lowest BCUT2D eigenvalue weighted by Crippen LogP contribution is -2.66. The highest BCUT2D eigenvalue weighted by Crippen LogP contribution is 2.78. The first-order chi connectivity index (χ1) is 19.4. The van der Waals surface area contributed by atoms with Crippen LogP contribution in [-0.2, 0) is 0 Å². The zero-order valence-corrected chi connectivity index (χ0v) is 28.0. The molecule has 0 aromatic carbocycles. The van der Waals surface area contributed by atoms with Crippen LogP contribution in [-0.4, -0.2) is 62.6 Å². The highest BCUT2D eigenvalue weighted by Gasteiger charge is 2.70. The van der Waals surface area contributed by atoms with Crippen LogP contribution in [0.4, 0.5) is 0 Å². The third-order valence-corrected chi connectivity index (χ3v) is 16.5. The second-order valence-corrected chi connectivity index (χ2v) is 17.9. The van der Waals surface area contributed by atoms with E-state index in [1.807, 2.05) is 6.92 Å². The molecule has 5 rings (SSSR count). The van der Waals surface area contributed by atoms with Crippen LogP contribution in [0.5, 0.6) is 0 Å². The van der Waals surface area contributed by atoms with Crippen LogP contribution >= 0.6 is 0 Å². The van der Waals surface area contributed by atoms with Crippen LogP contribution in [0.25, 0.3) is 0 Å². The molecule has 7 N–H and O–H groups in total. The smallest absolute Gasteiger partial charge is 0.111 e. The molecule has 0 spiro atoms. The van der Waals surface area contributed by atoms with Crippen LogP contribution in [0, 0.1) is 68.5 Å². The summed E-state index contributed by atoms with van der Waals surface area (Å²) in [5.41, 5.74) is 7.12. The summed E-state index contributed by atoms with van der Waals surface area (Å²) >= 11 is 0. The number of aliphatic hydroxyl groups excluding tert-OH is 5. The number of rotatable bonds is 7. The van der Waals surface area contributed by atoms with Crippen molar-refractivity contribution in [3.05, 3.63) is 0 Å². The van der Waals surface area contributed by atoms with Crippen molar-refractivity contribution in [1.82, 2.24) is 0 Å². The Morgan fingerprint density at radius 1 is 0.619 bits per heavy atom. The van der Waals surface area contributed by atoms with Gasteiger partial charge in [-0.3, -0.25) is 0 Å². The van der Waals surface area contributed by atoms with E-state index >= 15 is 0 Å².